The number of amides is 2. The maximum absolute atomic E-state index is 13.3. The molecule has 1 unspecified atom stereocenters. The van der Waals surface area contributed by atoms with Gasteiger partial charge in [0, 0.05) is 22.3 Å². The molecule has 3 rings (SSSR count). The van der Waals surface area contributed by atoms with Crippen LogP contribution in [0.25, 0.3) is 0 Å². The summed E-state index contributed by atoms with van der Waals surface area (Å²) in [4.78, 5) is 25.8. The molecule has 0 radical (unpaired) electrons. The molecule has 0 aromatic heterocycles. The molecule has 2 aromatic rings. The average Bonchev–Trinajstić information content (AvgIpc) is 2.78. The van der Waals surface area contributed by atoms with Gasteiger partial charge in [-0.1, -0.05) is 55.8 Å². The molecule has 1 aliphatic rings. The van der Waals surface area contributed by atoms with Crippen molar-refractivity contribution in [3.63, 3.8) is 0 Å². The predicted molar refractivity (Wildman–Crippen MR) is 123 cm³/mol. The first-order valence-corrected chi connectivity index (χ1v) is 11.1. The highest BCUT2D eigenvalue weighted by atomic mass is 35.5. The van der Waals surface area contributed by atoms with Gasteiger partial charge in [-0.15, -0.1) is 0 Å². The zero-order valence-corrected chi connectivity index (χ0v) is 18.7. The van der Waals surface area contributed by atoms with Crippen molar-refractivity contribution < 1.29 is 14.3 Å². The molecule has 0 aliphatic carbocycles. The summed E-state index contributed by atoms with van der Waals surface area (Å²) in [6.45, 7) is 6.12. The summed E-state index contributed by atoms with van der Waals surface area (Å²) in [6, 6.07) is 15.8. The van der Waals surface area contributed by atoms with Crippen molar-refractivity contribution in [2.24, 2.45) is 11.8 Å². The Hall–Kier alpha value is -2.57. The molecule has 1 heterocycles. The second-order valence-electron chi connectivity index (χ2n) is 8.19. The molecular weight excluding hydrogens is 414 g/mol. The second-order valence-corrected chi connectivity index (χ2v) is 8.63. The third-order valence-electron chi connectivity index (χ3n) is 5.57. The van der Waals surface area contributed by atoms with E-state index in [0.717, 1.165) is 25.9 Å². The molecular formula is C24H30ClN3O3. The van der Waals surface area contributed by atoms with Crippen molar-refractivity contribution in [2.75, 3.05) is 18.4 Å². The Morgan fingerprint density at radius 1 is 1.03 bits per heavy atom. The summed E-state index contributed by atoms with van der Waals surface area (Å²) in [7, 11) is 0. The van der Waals surface area contributed by atoms with Crippen LogP contribution in [0.5, 0.6) is 0 Å². The zero-order chi connectivity index (χ0) is 22.2. The number of hydrogen-bond acceptors (Lipinski definition) is 4. The van der Waals surface area contributed by atoms with Crippen LogP contribution in [0.2, 0.25) is 5.02 Å². The van der Waals surface area contributed by atoms with E-state index in [1.165, 1.54) is 0 Å². The Balaban J connectivity index is 1.73. The monoisotopic (exact) mass is 443 g/mol. The van der Waals surface area contributed by atoms with Gasteiger partial charge in [-0.3, -0.25) is 10.1 Å². The van der Waals surface area contributed by atoms with Crippen LogP contribution in [-0.2, 0) is 9.53 Å². The van der Waals surface area contributed by atoms with Crippen LogP contribution in [0.15, 0.2) is 54.6 Å². The number of nitrogens with one attached hydrogen (secondary N) is 3. The molecule has 31 heavy (non-hydrogen) atoms. The lowest BCUT2D eigenvalue weighted by atomic mass is 9.84. The molecule has 3 N–H and O–H groups in total. The lowest BCUT2D eigenvalue weighted by Crippen LogP contribution is -2.49. The SMILES string of the molecule is CC(C)C(NC(=O)[C@H](OC(=O)Nc1ccc(Cl)cc1)c1ccccc1)C1CCNCC1. The first kappa shape index (κ1) is 23.1. The van der Waals surface area contributed by atoms with E-state index in [9.17, 15) is 9.59 Å². The summed E-state index contributed by atoms with van der Waals surface area (Å²) in [6.07, 6.45) is 0.277. The molecule has 2 aromatic carbocycles. The second kappa shape index (κ2) is 11.2. The average molecular weight is 444 g/mol. The fourth-order valence-electron chi connectivity index (χ4n) is 3.96. The van der Waals surface area contributed by atoms with Gasteiger partial charge >= 0.3 is 6.09 Å². The van der Waals surface area contributed by atoms with Crippen molar-refractivity contribution in [2.45, 2.75) is 38.8 Å². The van der Waals surface area contributed by atoms with Gasteiger partial charge in [0.05, 0.1) is 0 Å². The predicted octanol–water partition coefficient (Wildman–Crippen LogP) is 4.77. The van der Waals surface area contributed by atoms with Crippen molar-refractivity contribution in [1.29, 1.82) is 0 Å². The highest BCUT2D eigenvalue weighted by molar-refractivity contribution is 6.30. The number of piperidine rings is 1. The number of carbonyl (C=O) groups is 2. The van der Waals surface area contributed by atoms with Gasteiger partial charge in [0.1, 0.15) is 0 Å². The van der Waals surface area contributed by atoms with Gasteiger partial charge in [-0.2, -0.15) is 0 Å². The van der Waals surface area contributed by atoms with E-state index in [1.54, 1.807) is 36.4 Å². The molecule has 1 fully saturated rings. The van der Waals surface area contributed by atoms with Gasteiger partial charge in [0.25, 0.3) is 5.91 Å². The van der Waals surface area contributed by atoms with E-state index in [4.69, 9.17) is 16.3 Å². The van der Waals surface area contributed by atoms with Gasteiger partial charge in [0.2, 0.25) is 6.10 Å². The van der Waals surface area contributed by atoms with Gasteiger partial charge in [-0.25, -0.2) is 4.79 Å². The van der Waals surface area contributed by atoms with E-state index in [-0.39, 0.29) is 17.9 Å². The summed E-state index contributed by atoms with van der Waals surface area (Å²) in [5.41, 5.74) is 1.16. The maximum Gasteiger partial charge on any atom is 0.412 e. The highest BCUT2D eigenvalue weighted by Crippen LogP contribution is 2.25. The summed E-state index contributed by atoms with van der Waals surface area (Å²) < 4.78 is 5.59. The third kappa shape index (κ3) is 6.71. The third-order valence-corrected chi connectivity index (χ3v) is 5.83. The number of hydrogen-bond donors (Lipinski definition) is 3. The number of carbonyl (C=O) groups excluding carboxylic acids is 2. The Labute approximate surface area is 188 Å². The van der Waals surface area contributed by atoms with E-state index in [1.807, 2.05) is 18.2 Å². The number of rotatable bonds is 7. The molecule has 7 heteroatoms. The minimum absolute atomic E-state index is 0.0174. The van der Waals surface area contributed by atoms with Crippen LogP contribution in [0.3, 0.4) is 0 Å². The Morgan fingerprint density at radius 2 is 1.68 bits per heavy atom. The number of halogens is 1. The van der Waals surface area contributed by atoms with E-state index in [2.05, 4.69) is 29.8 Å². The Morgan fingerprint density at radius 3 is 2.29 bits per heavy atom. The van der Waals surface area contributed by atoms with E-state index >= 15 is 0 Å². The van der Waals surface area contributed by atoms with Gasteiger partial charge in [-0.05, 0) is 62.0 Å². The number of ether oxygens (including phenoxy) is 1. The first-order valence-electron chi connectivity index (χ1n) is 10.7. The van der Waals surface area contributed by atoms with Crippen LogP contribution in [0.4, 0.5) is 10.5 Å². The summed E-state index contributed by atoms with van der Waals surface area (Å²) >= 11 is 5.89. The molecule has 2 amide bonds. The summed E-state index contributed by atoms with van der Waals surface area (Å²) in [5, 5.41) is 9.76. The molecule has 166 valence electrons. The molecule has 0 saturated carbocycles. The number of benzene rings is 2. The molecule has 1 aliphatic heterocycles. The standard InChI is InChI=1S/C24H30ClN3O3/c1-16(2)21(17-12-14-26-15-13-17)28-23(29)22(18-6-4-3-5-7-18)31-24(30)27-20-10-8-19(25)9-11-20/h3-11,16-17,21-22,26H,12-15H2,1-2H3,(H,27,30)(H,28,29)/t21?,22-/m1/s1. The van der Waals surface area contributed by atoms with Crippen LogP contribution in [-0.4, -0.2) is 31.1 Å². The van der Waals surface area contributed by atoms with Crippen molar-refractivity contribution in [3.8, 4) is 0 Å². The largest absolute Gasteiger partial charge is 0.431 e. The minimum Gasteiger partial charge on any atom is -0.431 e. The normalized spacial score (nSPS) is 16.4. The highest BCUT2D eigenvalue weighted by Gasteiger charge is 2.32. The molecule has 0 spiro atoms. The summed E-state index contributed by atoms with van der Waals surface area (Å²) in [5.74, 6) is 0.352. The fraction of sp³-hybridized carbons (Fsp3) is 0.417. The minimum atomic E-state index is -1.04. The smallest absolute Gasteiger partial charge is 0.412 e. The Kier molecular flexibility index (Phi) is 8.32. The topological polar surface area (TPSA) is 79.5 Å². The molecule has 6 nitrogen and oxygen atoms in total. The number of anilines is 1. The van der Waals surface area contributed by atoms with Crippen molar-refractivity contribution in [3.05, 3.63) is 65.2 Å². The quantitative estimate of drug-likeness (QED) is 0.575. The molecule has 1 saturated heterocycles. The lowest BCUT2D eigenvalue weighted by molar-refractivity contribution is -0.131. The van der Waals surface area contributed by atoms with Crippen LogP contribution in [0.1, 0.15) is 38.4 Å². The van der Waals surface area contributed by atoms with Crippen LogP contribution in [0, 0.1) is 11.8 Å². The van der Waals surface area contributed by atoms with Crippen LogP contribution < -0.4 is 16.0 Å². The van der Waals surface area contributed by atoms with Crippen molar-refractivity contribution >= 4 is 29.3 Å². The first-order chi connectivity index (χ1) is 14.9. The molecule has 2 atom stereocenters. The van der Waals surface area contributed by atoms with E-state index in [0.29, 0.717) is 22.2 Å². The van der Waals surface area contributed by atoms with Gasteiger partial charge in [0.15, 0.2) is 0 Å². The Bertz CT molecular complexity index is 852. The fourth-order valence-corrected chi connectivity index (χ4v) is 4.09. The van der Waals surface area contributed by atoms with Crippen molar-refractivity contribution in [1.82, 2.24) is 10.6 Å². The molecule has 0 bridgehead atoms. The lowest BCUT2D eigenvalue weighted by Gasteiger charge is -2.34. The zero-order valence-electron chi connectivity index (χ0n) is 17.9. The van der Waals surface area contributed by atoms with Gasteiger partial charge < -0.3 is 15.4 Å². The maximum atomic E-state index is 13.3. The van der Waals surface area contributed by atoms with E-state index < -0.39 is 12.2 Å². The van der Waals surface area contributed by atoms with Crippen LogP contribution >= 0.6 is 11.6 Å².